The van der Waals surface area contributed by atoms with Gasteiger partial charge in [0.05, 0.1) is 0 Å². The van der Waals surface area contributed by atoms with E-state index in [0.717, 1.165) is 43.5 Å². The molecule has 1 fully saturated rings. The van der Waals surface area contributed by atoms with Crippen molar-refractivity contribution >= 4 is 10.8 Å². The first-order valence-corrected chi connectivity index (χ1v) is 6.87. The van der Waals surface area contributed by atoms with Crippen molar-refractivity contribution < 1.29 is 0 Å². The number of hydrogen-bond acceptors (Lipinski definition) is 3. The monoisotopic (exact) mass is 257 g/mol. The summed E-state index contributed by atoms with van der Waals surface area (Å²) < 4.78 is 0. The molecule has 19 heavy (non-hydrogen) atoms. The van der Waals surface area contributed by atoms with Crippen LogP contribution in [0.5, 0.6) is 0 Å². The van der Waals surface area contributed by atoms with Gasteiger partial charge in [-0.3, -0.25) is 9.69 Å². The second-order valence-electron chi connectivity index (χ2n) is 5.06. The largest absolute Gasteiger partial charge is 0.329 e. The molecule has 1 aliphatic rings. The van der Waals surface area contributed by atoms with Gasteiger partial charge in [0.2, 0.25) is 0 Å². The number of fused-ring (bicyclic) bond motifs is 1. The zero-order chi connectivity index (χ0) is 13.1. The van der Waals surface area contributed by atoms with Gasteiger partial charge in [0, 0.05) is 31.2 Å². The minimum atomic E-state index is -0.00289. The first-order chi connectivity index (χ1) is 9.34. The Bertz CT molecular complexity index is 612. The Morgan fingerprint density at radius 1 is 1.11 bits per heavy atom. The third kappa shape index (κ3) is 2.69. The summed E-state index contributed by atoms with van der Waals surface area (Å²) in [6.45, 7) is 5.26. The minimum absolute atomic E-state index is 0.00289. The smallest absolute Gasteiger partial charge is 0.255 e. The number of H-pyrrole nitrogens is 1. The van der Waals surface area contributed by atoms with E-state index >= 15 is 0 Å². The maximum absolute atomic E-state index is 11.8. The van der Waals surface area contributed by atoms with Gasteiger partial charge in [-0.1, -0.05) is 12.1 Å². The Kier molecular flexibility index (Phi) is 3.62. The quantitative estimate of drug-likeness (QED) is 0.853. The Morgan fingerprint density at radius 2 is 2.05 bits per heavy atom. The van der Waals surface area contributed by atoms with Gasteiger partial charge < -0.3 is 10.3 Å². The van der Waals surface area contributed by atoms with Crippen molar-refractivity contribution in [1.82, 2.24) is 15.2 Å². The lowest BCUT2D eigenvalue weighted by molar-refractivity contribution is 0.285. The number of aromatic amines is 1. The molecular formula is C15H19N3O. The number of rotatable bonds is 2. The molecule has 2 aromatic rings. The summed E-state index contributed by atoms with van der Waals surface area (Å²) in [5.74, 6) is 0. The number of pyridine rings is 1. The summed E-state index contributed by atoms with van der Waals surface area (Å²) >= 11 is 0. The van der Waals surface area contributed by atoms with Crippen LogP contribution in [0.3, 0.4) is 0 Å². The molecule has 0 unspecified atom stereocenters. The Morgan fingerprint density at radius 3 is 3.00 bits per heavy atom. The third-order valence-electron chi connectivity index (χ3n) is 3.73. The molecular weight excluding hydrogens is 238 g/mol. The molecule has 1 aliphatic heterocycles. The Balaban J connectivity index is 1.92. The topological polar surface area (TPSA) is 48.1 Å². The number of benzene rings is 1. The molecule has 4 nitrogen and oxygen atoms in total. The lowest BCUT2D eigenvalue weighted by atomic mass is 10.1. The third-order valence-corrected chi connectivity index (χ3v) is 3.73. The van der Waals surface area contributed by atoms with Gasteiger partial charge in [-0.05, 0) is 42.6 Å². The van der Waals surface area contributed by atoms with Crippen LogP contribution in [0.15, 0.2) is 35.3 Å². The molecule has 0 amide bonds. The Labute approximate surface area is 112 Å². The van der Waals surface area contributed by atoms with E-state index in [1.54, 1.807) is 6.20 Å². The summed E-state index contributed by atoms with van der Waals surface area (Å²) in [5, 5.41) is 5.27. The molecule has 0 saturated carbocycles. The van der Waals surface area contributed by atoms with Gasteiger partial charge in [-0.2, -0.15) is 0 Å². The van der Waals surface area contributed by atoms with E-state index < -0.39 is 0 Å². The van der Waals surface area contributed by atoms with E-state index in [1.807, 2.05) is 18.2 Å². The van der Waals surface area contributed by atoms with Gasteiger partial charge in [-0.25, -0.2) is 0 Å². The lowest BCUT2D eigenvalue weighted by Gasteiger charge is -2.20. The fourth-order valence-electron chi connectivity index (χ4n) is 2.72. The van der Waals surface area contributed by atoms with E-state index in [4.69, 9.17) is 0 Å². The summed E-state index contributed by atoms with van der Waals surface area (Å²) in [6, 6.07) is 7.99. The number of hydrogen-bond donors (Lipinski definition) is 2. The fraction of sp³-hybridized carbons (Fsp3) is 0.400. The highest BCUT2D eigenvalue weighted by atomic mass is 16.1. The highest BCUT2D eigenvalue weighted by Crippen LogP contribution is 2.17. The molecule has 2 N–H and O–H groups in total. The maximum atomic E-state index is 11.8. The van der Waals surface area contributed by atoms with Crippen LogP contribution in [0.2, 0.25) is 0 Å². The maximum Gasteiger partial charge on any atom is 0.255 e. The van der Waals surface area contributed by atoms with Crippen molar-refractivity contribution in [2.24, 2.45) is 0 Å². The Hall–Kier alpha value is -1.65. The van der Waals surface area contributed by atoms with Crippen LogP contribution in [0, 0.1) is 0 Å². The summed E-state index contributed by atoms with van der Waals surface area (Å²) in [5.41, 5.74) is 1.24. The highest BCUT2D eigenvalue weighted by molar-refractivity contribution is 5.84. The molecule has 100 valence electrons. The van der Waals surface area contributed by atoms with Crippen LogP contribution < -0.4 is 10.9 Å². The van der Waals surface area contributed by atoms with Gasteiger partial charge in [0.25, 0.3) is 5.56 Å². The summed E-state index contributed by atoms with van der Waals surface area (Å²) in [7, 11) is 0. The molecule has 0 atom stereocenters. The SMILES string of the molecule is O=c1[nH]ccc2c(CN3CCCNCC3)cccc12. The minimum Gasteiger partial charge on any atom is -0.329 e. The van der Waals surface area contributed by atoms with E-state index in [9.17, 15) is 4.79 Å². The van der Waals surface area contributed by atoms with Crippen molar-refractivity contribution in [1.29, 1.82) is 0 Å². The van der Waals surface area contributed by atoms with Crippen LogP contribution in [-0.4, -0.2) is 36.1 Å². The van der Waals surface area contributed by atoms with Crippen LogP contribution in [0.4, 0.5) is 0 Å². The molecule has 0 spiro atoms. The molecule has 0 radical (unpaired) electrons. The first kappa shape index (κ1) is 12.4. The average molecular weight is 257 g/mol. The van der Waals surface area contributed by atoms with Crippen LogP contribution >= 0.6 is 0 Å². The molecule has 3 rings (SSSR count). The van der Waals surface area contributed by atoms with Crippen LogP contribution in [0.1, 0.15) is 12.0 Å². The molecule has 1 aromatic heterocycles. The molecule has 2 heterocycles. The van der Waals surface area contributed by atoms with Crippen LogP contribution in [0.25, 0.3) is 10.8 Å². The number of nitrogens with one attached hydrogen (secondary N) is 2. The van der Waals surface area contributed by atoms with Gasteiger partial charge in [0.15, 0.2) is 0 Å². The van der Waals surface area contributed by atoms with Crippen molar-refractivity contribution in [3.63, 3.8) is 0 Å². The van der Waals surface area contributed by atoms with Crippen molar-refractivity contribution in [2.75, 3.05) is 26.2 Å². The standard InChI is InChI=1S/C15H19N3O/c19-15-14-4-1-3-12(13(14)5-7-17-15)11-18-9-2-6-16-8-10-18/h1,3-5,7,16H,2,6,8-11H2,(H,17,19). The van der Waals surface area contributed by atoms with Crippen LogP contribution in [-0.2, 0) is 6.54 Å². The molecule has 0 bridgehead atoms. The highest BCUT2D eigenvalue weighted by Gasteiger charge is 2.11. The van der Waals surface area contributed by atoms with E-state index in [-0.39, 0.29) is 5.56 Å². The average Bonchev–Trinajstić information content (AvgIpc) is 2.69. The normalized spacial score (nSPS) is 17.5. The zero-order valence-corrected chi connectivity index (χ0v) is 11.0. The van der Waals surface area contributed by atoms with E-state index in [0.29, 0.717) is 0 Å². The predicted octanol–water partition coefficient (Wildman–Crippen LogP) is 1.32. The number of nitrogens with zero attached hydrogens (tertiary/aromatic N) is 1. The first-order valence-electron chi connectivity index (χ1n) is 6.87. The van der Waals surface area contributed by atoms with Gasteiger partial charge in [0.1, 0.15) is 0 Å². The molecule has 1 saturated heterocycles. The molecule has 0 aliphatic carbocycles. The lowest BCUT2D eigenvalue weighted by Crippen LogP contribution is -2.27. The van der Waals surface area contributed by atoms with E-state index in [1.165, 1.54) is 12.0 Å². The van der Waals surface area contributed by atoms with Gasteiger partial charge >= 0.3 is 0 Å². The fourth-order valence-corrected chi connectivity index (χ4v) is 2.72. The summed E-state index contributed by atoms with van der Waals surface area (Å²) in [6.07, 6.45) is 2.92. The van der Waals surface area contributed by atoms with E-state index in [2.05, 4.69) is 21.3 Å². The van der Waals surface area contributed by atoms with Gasteiger partial charge in [-0.15, -0.1) is 0 Å². The van der Waals surface area contributed by atoms with Crippen molar-refractivity contribution in [3.05, 3.63) is 46.4 Å². The second-order valence-corrected chi connectivity index (χ2v) is 5.06. The van der Waals surface area contributed by atoms with Crippen molar-refractivity contribution in [3.8, 4) is 0 Å². The number of aromatic nitrogens is 1. The summed E-state index contributed by atoms with van der Waals surface area (Å²) in [4.78, 5) is 17.0. The molecule has 4 heteroatoms. The second kappa shape index (κ2) is 5.55. The zero-order valence-electron chi connectivity index (χ0n) is 11.0. The molecule has 1 aromatic carbocycles. The predicted molar refractivity (Wildman–Crippen MR) is 77.3 cm³/mol. The van der Waals surface area contributed by atoms with Crippen molar-refractivity contribution in [2.45, 2.75) is 13.0 Å².